The zero-order valence-electron chi connectivity index (χ0n) is 18.6. The van der Waals surface area contributed by atoms with E-state index in [-0.39, 0.29) is 16.8 Å². The van der Waals surface area contributed by atoms with Crippen LogP contribution in [0.2, 0.25) is 0 Å². The third-order valence-corrected chi connectivity index (χ3v) is 6.51. The number of amides is 1. The average Bonchev–Trinajstić information content (AvgIpc) is 3.59. The minimum atomic E-state index is -3.69. The number of carbonyl (C=O) groups excluding carboxylic acids is 1. The predicted octanol–water partition coefficient (Wildman–Crippen LogP) is 4.77. The lowest BCUT2D eigenvalue weighted by Crippen LogP contribution is -2.25. The molecule has 2 N–H and O–H groups in total. The Morgan fingerprint density at radius 3 is 2.30 bits per heavy atom. The fraction of sp³-hybridized carbons (Fsp3) is 0.280. The number of hydrogen-bond donors (Lipinski definition) is 2. The Morgan fingerprint density at radius 1 is 1.03 bits per heavy atom. The average molecular weight is 466 g/mol. The monoisotopic (exact) mass is 465 g/mol. The lowest BCUT2D eigenvalue weighted by molar-refractivity contribution is 0.0950. The first-order valence-electron chi connectivity index (χ1n) is 10.9. The van der Waals surface area contributed by atoms with Crippen LogP contribution in [0.3, 0.4) is 0 Å². The molecule has 1 amide bonds. The van der Waals surface area contributed by atoms with Gasteiger partial charge in [-0.15, -0.1) is 0 Å². The summed E-state index contributed by atoms with van der Waals surface area (Å²) in [6.07, 6.45) is 4.43. The third kappa shape index (κ3) is 6.32. The number of nitrogens with one attached hydrogen (secondary N) is 2. The summed E-state index contributed by atoms with van der Waals surface area (Å²) in [6.45, 7) is 4.25. The van der Waals surface area contributed by atoms with Crippen LogP contribution < -0.4 is 14.8 Å². The molecule has 0 saturated heterocycles. The summed E-state index contributed by atoms with van der Waals surface area (Å²) in [6, 6.07) is 17.1. The van der Waals surface area contributed by atoms with Crippen LogP contribution in [0.1, 0.15) is 42.6 Å². The van der Waals surface area contributed by atoms with Crippen LogP contribution in [0.15, 0.2) is 71.8 Å². The second-order valence-electron chi connectivity index (χ2n) is 8.61. The number of benzene rings is 2. The molecule has 2 aromatic carbocycles. The van der Waals surface area contributed by atoms with Gasteiger partial charge in [0, 0.05) is 24.0 Å². The highest BCUT2D eigenvalue weighted by Gasteiger charge is 2.23. The summed E-state index contributed by atoms with van der Waals surface area (Å²) in [7, 11) is -3.69. The Labute approximate surface area is 194 Å². The number of carbonyl (C=O) groups is 1. The molecular weight excluding hydrogens is 438 g/mol. The predicted molar refractivity (Wildman–Crippen MR) is 127 cm³/mol. The number of hydrogen-bond acceptors (Lipinski definition) is 5. The van der Waals surface area contributed by atoms with E-state index in [0.29, 0.717) is 28.8 Å². The number of sulfonamides is 1. The first kappa shape index (κ1) is 22.8. The van der Waals surface area contributed by atoms with Crippen LogP contribution in [0.5, 0.6) is 11.6 Å². The van der Waals surface area contributed by atoms with Gasteiger partial charge >= 0.3 is 0 Å². The van der Waals surface area contributed by atoms with E-state index < -0.39 is 10.0 Å². The number of ether oxygens (including phenoxy) is 1. The van der Waals surface area contributed by atoms with E-state index in [1.807, 2.05) is 12.1 Å². The van der Waals surface area contributed by atoms with Crippen LogP contribution in [-0.2, 0) is 16.4 Å². The fourth-order valence-electron chi connectivity index (χ4n) is 3.27. The first-order chi connectivity index (χ1) is 15.8. The van der Waals surface area contributed by atoms with Crippen molar-refractivity contribution in [2.75, 3.05) is 4.72 Å². The zero-order chi connectivity index (χ0) is 23.4. The molecule has 0 unspecified atom stereocenters. The maximum Gasteiger partial charge on any atom is 0.261 e. The van der Waals surface area contributed by atoms with Gasteiger partial charge in [-0.3, -0.25) is 9.52 Å². The maximum atomic E-state index is 12.7. The molecule has 0 bridgehead atoms. The van der Waals surface area contributed by atoms with E-state index in [1.165, 1.54) is 6.20 Å². The molecule has 0 radical (unpaired) electrons. The number of pyridine rings is 1. The van der Waals surface area contributed by atoms with Gasteiger partial charge in [0.05, 0.1) is 10.5 Å². The van der Waals surface area contributed by atoms with Crippen molar-refractivity contribution < 1.29 is 17.9 Å². The fourth-order valence-corrected chi connectivity index (χ4v) is 4.33. The number of rotatable bonds is 9. The zero-order valence-corrected chi connectivity index (χ0v) is 19.4. The summed E-state index contributed by atoms with van der Waals surface area (Å²) in [5.74, 6) is 1.21. The standard InChI is InChI=1S/C25H27N3O4S/c1-17(2)15-18-3-12-23(13-4-18)33(30,31)28-21-8-10-22(11-9-21)32-24-14-5-19(16-26-24)25(29)27-20-6-7-20/h3-5,8-14,16-17,20,28H,6-7,15H2,1-2H3,(H,27,29). The minimum Gasteiger partial charge on any atom is -0.439 e. The summed E-state index contributed by atoms with van der Waals surface area (Å²) >= 11 is 0. The molecule has 172 valence electrons. The normalized spacial score (nSPS) is 13.5. The van der Waals surface area contributed by atoms with Gasteiger partial charge in [0.1, 0.15) is 5.75 Å². The van der Waals surface area contributed by atoms with Crippen LogP contribution in [0.4, 0.5) is 5.69 Å². The molecule has 8 heteroatoms. The van der Waals surface area contributed by atoms with Crippen LogP contribution in [-0.4, -0.2) is 25.4 Å². The van der Waals surface area contributed by atoms with Crippen molar-refractivity contribution >= 4 is 21.6 Å². The van der Waals surface area contributed by atoms with Crippen molar-refractivity contribution in [3.63, 3.8) is 0 Å². The maximum absolute atomic E-state index is 12.7. The molecule has 7 nitrogen and oxygen atoms in total. The second kappa shape index (κ2) is 9.62. The van der Waals surface area contributed by atoms with E-state index in [9.17, 15) is 13.2 Å². The highest BCUT2D eigenvalue weighted by atomic mass is 32.2. The minimum absolute atomic E-state index is 0.136. The molecule has 0 spiro atoms. The summed E-state index contributed by atoms with van der Waals surface area (Å²) in [5, 5.41) is 2.91. The van der Waals surface area contributed by atoms with E-state index in [2.05, 4.69) is 28.9 Å². The van der Waals surface area contributed by atoms with Gasteiger partial charge in [-0.1, -0.05) is 26.0 Å². The summed E-state index contributed by atoms with van der Waals surface area (Å²) < 4.78 is 33.7. The Kier molecular flexibility index (Phi) is 6.65. The number of anilines is 1. The van der Waals surface area contributed by atoms with Crippen molar-refractivity contribution in [1.82, 2.24) is 10.3 Å². The molecular formula is C25H27N3O4S. The van der Waals surface area contributed by atoms with Crippen LogP contribution >= 0.6 is 0 Å². The molecule has 1 aromatic heterocycles. The molecule has 0 atom stereocenters. The molecule has 3 aromatic rings. The number of aromatic nitrogens is 1. The topological polar surface area (TPSA) is 97.4 Å². The second-order valence-corrected chi connectivity index (χ2v) is 10.3. The largest absolute Gasteiger partial charge is 0.439 e. The molecule has 4 rings (SSSR count). The first-order valence-corrected chi connectivity index (χ1v) is 12.4. The van der Waals surface area contributed by atoms with E-state index in [4.69, 9.17) is 4.74 Å². The molecule has 1 aliphatic carbocycles. The summed E-state index contributed by atoms with van der Waals surface area (Å²) in [5.41, 5.74) is 2.01. The molecule has 0 aliphatic heterocycles. The Hall–Kier alpha value is -3.39. The van der Waals surface area contributed by atoms with Gasteiger partial charge in [-0.05, 0) is 73.2 Å². The quantitative estimate of drug-likeness (QED) is 0.475. The Bertz CT molecular complexity index is 1200. The van der Waals surface area contributed by atoms with Crippen molar-refractivity contribution in [3.05, 3.63) is 78.0 Å². The molecule has 1 heterocycles. The lowest BCUT2D eigenvalue weighted by Gasteiger charge is -2.11. The van der Waals surface area contributed by atoms with Gasteiger partial charge in [0.2, 0.25) is 5.88 Å². The van der Waals surface area contributed by atoms with Gasteiger partial charge < -0.3 is 10.1 Å². The van der Waals surface area contributed by atoms with Crippen molar-refractivity contribution in [2.24, 2.45) is 5.92 Å². The smallest absolute Gasteiger partial charge is 0.261 e. The van der Waals surface area contributed by atoms with Crippen LogP contribution in [0.25, 0.3) is 0 Å². The van der Waals surface area contributed by atoms with E-state index in [0.717, 1.165) is 24.8 Å². The molecule has 1 fully saturated rings. The van der Waals surface area contributed by atoms with Crippen LogP contribution in [0, 0.1) is 5.92 Å². The number of nitrogens with zero attached hydrogens (tertiary/aromatic N) is 1. The molecule has 1 saturated carbocycles. The van der Waals surface area contributed by atoms with Gasteiger partial charge in [-0.2, -0.15) is 0 Å². The van der Waals surface area contributed by atoms with Crippen molar-refractivity contribution in [3.8, 4) is 11.6 Å². The van der Waals surface area contributed by atoms with Crippen molar-refractivity contribution in [2.45, 2.75) is 44.0 Å². The highest BCUT2D eigenvalue weighted by Crippen LogP contribution is 2.24. The third-order valence-electron chi connectivity index (χ3n) is 5.12. The van der Waals surface area contributed by atoms with Crippen molar-refractivity contribution in [1.29, 1.82) is 0 Å². The van der Waals surface area contributed by atoms with Gasteiger partial charge in [0.25, 0.3) is 15.9 Å². The Balaban J connectivity index is 1.36. The summed E-state index contributed by atoms with van der Waals surface area (Å²) in [4.78, 5) is 16.4. The Morgan fingerprint density at radius 2 is 1.73 bits per heavy atom. The van der Waals surface area contributed by atoms with E-state index >= 15 is 0 Å². The van der Waals surface area contributed by atoms with Gasteiger partial charge in [0.15, 0.2) is 0 Å². The molecule has 1 aliphatic rings. The molecule has 33 heavy (non-hydrogen) atoms. The van der Waals surface area contributed by atoms with Gasteiger partial charge in [-0.25, -0.2) is 13.4 Å². The van der Waals surface area contributed by atoms with E-state index in [1.54, 1.807) is 48.5 Å². The SMILES string of the molecule is CC(C)Cc1ccc(S(=O)(=O)Nc2ccc(Oc3ccc(C(=O)NC4CC4)cn3)cc2)cc1. The highest BCUT2D eigenvalue weighted by molar-refractivity contribution is 7.92. The lowest BCUT2D eigenvalue weighted by atomic mass is 10.0.